The number of amides is 4. The quantitative estimate of drug-likeness (QED) is 0.0700. The lowest BCUT2D eigenvalue weighted by Crippen LogP contribution is -2.57. The van der Waals surface area contributed by atoms with E-state index in [1.165, 1.54) is 25.3 Å². The van der Waals surface area contributed by atoms with Gasteiger partial charge in [-0.3, -0.25) is 19.7 Å². The molecule has 0 aromatic heterocycles. The van der Waals surface area contributed by atoms with Gasteiger partial charge in [-0.15, -0.1) is 0 Å². The minimum absolute atomic E-state index is 0.0293. The number of nitro groups is 1. The van der Waals surface area contributed by atoms with Crippen molar-refractivity contribution in [1.82, 2.24) is 0 Å². The van der Waals surface area contributed by atoms with Crippen molar-refractivity contribution in [2.75, 3.05) is 16.9 Å². The van der Waals surface area contributed by atoms with Gasteiger partial charge in [0.1, 0.15) is 12.2 Å². The fourth-order valence-electron chi connectivity index (χ4n) is 5.34. The predicted octanol–water partition coefficient (Wildman–Crippen LogP) is 7.99. The molecule has 1 saturated heterocycles. The molecular formula is C36H26BrN3O7. The molecule has 0 atom stereocenters. The van der Waals surface area contributed by atoms with Crippen LogP contribution in [-0.2, 0) is 16.2 Å². The lowest BCUT2D eigenvalue weighted by Gasteiger charge is -2.34. The first kappa shape index (κ1) is 31.2. The summed E-state index contributed by atoms with van der Waals surface area (Å²) in [7, 11) is 1.45. The Morgan fingerprint density at radius 2 is 1.55 bits per heavy atom. The number of urea groups is 1. The third-order valence-corrected chi connectivity index (χ3v) is 8.20. The van der Waals surface area contributed by atoms with Crippen molar-refractivity contribution in [3.05, 3.63) is 140 Å². The molecule has 4 amide bonds. The van der Waals surface area contributed by atoms with Gasteiger partial charge in [0.05, 0.1) is 27.9 Å². The van der Waals surface area contributed by atoms with Gasteiger partial charge in [-0.05, 0) is 93.5 Å². The molecule has 6 rings (SSSR count). The molecule has 47 heavy (non-hydrogen) atoms. The number of fused-ring (bicyclic) bond motifs is 1. The highest BCUT2D eigenvalue weighted by Gasteiger charge is 2.44. The molecule has 1 aliphatic heterocycles. The summed E-state index contributed by atoms with van der Waals surface area (Å²) >= 11 is 3.51. The van der Waals surface area contributed by atoms with E-state index in [2.05, 4.69) is 15.9 Å². The summed E-state index contributed by atoms with van der Waals surface area (Å²) in [6.45, 7) is 1.94. The van der Waals surface area contributed by atoms with E-state index in [0.717, 1.165) is 20.7 Å². The first-order valence-electron chi connectivity index (χ1n) is 14.4. The van der Waals surface area contributed by atoms with E-state index in [0.29, 0.717) is 43.9 Å². The molecule has 1 aliphatic rings. The molecule has 1 heterocycles. The maximum Gasteiger partial charge on any atom is 0.343 e. The Kier molecular flexibility index (Phi) is 8.55. The number of ether oxygens (including phenoxy) is 2. The first-order chi connectivity index (χ1) is 22.7. The van der Waals surface area contributed by atoms with Crippen LogP contribution < -0.4 is 19.3 Å². The summed E-state index contributed by atoms with van der Waals surface area (Å²) in [5.41, 5.74) is 2.39. The number of nitro benzene ring substituents is 1. The van der Waals surface area contributed by atoms with Gasteiger partial charge in [0.2, 0.25) is 0 Å². The highest BCUT2D eigenvalue weighted by molar-refractivity contribution is 9.10. The topological polar surface area (TPSA) is 119 Å². The Labute approximate surface area is 277 Å². The van der Waals surface area contributed by atoms with Crippen LogP contribution in [0.2, 0.25) is 0 Å². The molecule has 0 N–H and O–H groups in total. The van der Waals surface area contributed by atoms with Crippen LogP contribution in [0.15, 0.2) is 113 Å². The molecule has 0 spiro atoms. The van der Waals surface area contributed by atoms with Crippen LogP contribution in [0.3, 0.4) is 0 Å². The van der Waals surface area contributed by atoms with Crippen molar-refractivity contribution in [2.45, 2.75) is 13.5 Å². The smallest absolute Gasteiger partial charge is 0.343 e. The second kappa shape index (κ2) is 12.9. The monoisotopic (exact) mass is 691 g/mol. The number of imide groups is 2. The van der Waals surface area contributed by atoms with Crippen LogP contribution >= 0.6 is 15.9 Å². The summed E-state index contributed by atoms with van der Waals surface area (Å²) in [6.07, 6.45) is 1.42. The summed E-state index contributed by atoms with van der Waals surface area (Å²) < 4.78 is 12.1. The number of halogens is 1. The highest BCUT2D eigenvalue weighted by Crippen LogP contribution is 2.39. The first-order valence-corrected chi connectivity index (χ1v) is 15.2. The summed E-state index contributed by atoms with van der Waals surface area (Å²) in [6, 6.07) is 28.1. The van der Waals surface area contributed by atoms with Crippen molar-refractivity contribution >= 4 is 67.7 Å². The van der Waals surface area contributed by atoms with Crippen LogP contribution in [0, 0.1) is 17.0 Å². The number of carbonyl (C=O) groups excluding carboxylic acids is 3. The summed E-state index contributed by atoms with van der Waals surface area (Å²) in [5.74, 6) is -0.880. The zero-order valence-corrected chi connectivity index (χ0v) is 26.8. The van der Waals surface area contributed by atoms with Gasteiger partial charge >= 0.3 is 6.03 Å². The molecular weight excluding hydrogens is 666 g/mol. The average Bonchev–Trinajstić information content (AvgIpc) is 3.06. The number of aryl methyl sites for hydroxylation is 1. The van der Waals surface area contributed by atoms with E-state index < -0.39 is 22.8 Å². The number of hydrogen-bond acceptors (Lipinski definition) is 7. The zero-order chi connectivity index (χ0) is 33.2. The molecule has 0 saturated carbocycles. The molecule has 5 aromatic rings. The standard InChI is InChI=1S/C36H26BrN3O7/c1-22-7-5-10-27(17-22)38-34(41)29(35(42)39(36(38)43)31-12-6-9-25-8-3-4-11-28(25)31)18-24-19-30(37)33(32(20-24)46-2)47-21-23-13-15-26(16-14-23)40(44)45/h3-20H,21H2,1-2H3. The second-order valence-corrected chi connectivity index (χ2v) is 11.6. The minimum atomic E-state index is -0.784. The van der Waals surface area contributed by atoms with Gasteiger partial charge in [0, 0.05) is 17.5 Å². The molecule has 5 aromatic carbocycles. The van der Waals surface area contributed by atoms with Crippen molar-refractivity contribution in [3.8, 4) is 11.5 Å². The van der Waals surface area contributed by atoms with E-state index >= 15 is 0 Å². The normalized spacial score (nSPS) is 14.2. The summed E-state index contributed by atoms with van der Waals surface area (Å²) in [5, 5.41) is 12.5. The van der Waals surface area contributed by atoms with Crippen LogP contribution in [0.1, 0.15) is 16.7 Å². The number of benzene rings is 5. The number of hydrogen-bond donors (Lipinski definition) is 0. The number of carbonyl (C=O) groups is 3. The van der Waals surface area contributed by atoms with Crippen molar-refractivity contribution in [2.24, 2.45) is 0 Å². The van der Waals surface area contributed by atoms with Gasteiger partial charge in [0.25, 0.3) is 17.5 Å². The highest BCUT2D eigenvalue weighted by atomic mass is 79.9. The number of rotatable bonds is 8. The third-order valence-electron chi connectivity index (χ3n) is 7.61. The fraction of sp³-hybridized carbons (Fsp3) is 0.0833. The molecule has 0 bridgehead atoms. The molecule has 0 radical (unpaired) electrons. The Morgan fingerprint density at radius 3 is 2.28 bits per heavy atom. The number of non-ortho nitro benzene ring substituents is 1. The second-order valence-electron chi connectivity index (χ2n) is 10.7. The number of barbiturate groups is 1. The fourth-order valence-corrected chi connectivity index (χ4v) is 5.91. The third kappa shape index (κ3) is 6.08. The average molecular weight is 693 g/mol. The van der Waals surface area contributed by atoms with Gasteiger partial charge in [-0.2, -0.15) is 0 Å². The van der Waals surface area contributed by atoms with Crippen LogP contribution in [0.25, 0.3) is 16.8 Å². The van der Waals surface area contributed by atoms with Crippen molar-refractivity contribution in [3.63, 3.8) is 0 Å². The van der Waals surface area contributed by atoms with E-state index in [1.54, 1.807) is 54.6 Å². The maximum atomic E-state index is 14.1. The van der Waals surface area contributed by atoms with Gasteiger partial charge in [0.15, 0.2) is 11.5 Å². The summed E-state index contributed by atoms with van der Waals surface area (Å²) in [4.78, 5) is 54.8. The Morgan fingerprint density at radius 1 is 0.851 bits per heavy atom. The van der Waals surface area contributed by atoms with Crippen molar-refractivity contribution < 1.29 is 28.8 Å². The molecule has 0 aliphatic carbocycles. The number of methoxy groups -OCH3 is 1. The Bertz CT molecular complexity index is 2110. The van der Waals surface area contributed by atoms with E-state index in [1.807, 2.05) is 43.3 Å². The SMILES string of the molecule is COc1cc(C=C2C(=O)N(c3cccc(C)c3)C(=O)N(c3cccc4ccccc34)C2=O)cc(Br)c1OCc1ccc([N+](=O)[O-])cc1. The minimum Gasteiger partial charge on any atom is -0.493 e. The number of nitrogens with zero attached hydrogens (tertiary/aromatic N) is 3. The van der Waals surface area contributed by atoms with Crippen LogP contribution in [0.4, 0.5) is 21.9 Å². The van der Waals surface area contributed by atoms with Gasteiger partial charge < -0.3 is 9.47 Å². The van der Waals surface area contributed by atoms with E-state index in [9.17, 15) is 24.5 Å². The lowest BCUT2D eigenvalue weighted by molar-refractivity contribution is -0.384. The van der Waals surface area contributed by atoms with Crippen molar-refractivity contribution in [1.29, 1.82) is 0 Å². The molecule has 10 nitrogen and oxygen atoms in total. The largest absolute Gasteiger partial charge is 0.493 e. The number of anilines is 2. The Balaban J connectivity index is 1.41. The molecule has 0 unspecified atom stereocenters. The van der Waals surface area contributed by atoms with E-state index in [-0.39, 0.29) is 17.9 Å². The van der Waals surface area contributed by atoms with E-state index in [4.69, 9.17) is 9.47 Å². The van der Waals surface area contributed by atoms with Gasteiger partial charge in [-0.25, -0.2) is 14.6 Å². The predicted molar refractivity (Wildman–Crippen MR) is 182 cm³/mol. The van der Waals surface area contributed by atoms with Crippen LogP contribution in [0.5, 0.6) is 11.5 Å². The molecule has 11 heteroatoms. The maximum absolute atomic E-state index is 14.1. The zero-order valence-electron chi connectivity index (χ0n) is 25.2. The van der Waals surface area contributed by atoms with Gasteiger partial charge in [-0.1, -0.05) is 48.5 Å². The molecule has 234 valence electrons. The Hall–Kier alpha value is -5.81. The van der Waals surface area contributed by atoms with Crippen LogP contribution in [-0.4, -0.2) is 29.9 Å². The molecule has 1 fully saturated rings. The lowest BCUT2D eigenvalue weighted by atomic mass is 10.0.